The molecule has 42 heavy (non-hydrogen) atoms. The Morgan fingerprint density at radius 3 is 2.52 bits per heavy atom. The second-order valence-corrected chi connectivity index (χ2v) is 9.96. The standard InChI is InChI=1S/C27H24F4N6O5/c1-25(24(33)39)12-42-22-16(25)8-19(35-21(22)13-3-5-15(28)6-4-13)26(40,27(29,30)31)11-34-23(38)14-7-18(41-2)17-9-20(32)36-37(17)10-14/h3-10,40H,11-12H2,1-2H3,(H2,32,36)(H2,33,39)(H,34,38)/t25-,26-/m0/s1. The van der Waals surface area contributed by atoms with Gasteiger partial charge in [0.25, 0.3) is 5.91 Å². The number of halogens is 4. The smallest absolute Gasteiger partial charge is 0.424 e. The number of pyridine rings is 2. The first-order valence-corrected chi connectivity index (χ1v) is 12.3. The van der Waals surface area contributed by atoms with E-state index in [0.29, 0.717) is 5.52 Å². The van der Waals surface area contributed by atoms with E-state index >= 15 is 0 Å². The van der Waals surface area contributed by atoms with Crippen LogP contribution in [0.3, 0.4) is 0 Å². The highest BCUT2D eigenvalue weighted by Gasteiger charge is 2.57. The number of amides is 2. The number of methoxy groups -OCH3 is 1. The second-order valence-electron chi connectivity index (χ2n) is 9.96. The number of hydrogen-bond acceptors (Lipinski definition) is 8. The van der Waals surface area contributed by atoms with Crippen molar-refractivity contribution in [1.29, 1.82) is 0 Å². The highest BCUT2D eigenvalue weighted by Crippen LogP contribution is 2.47. The largest absolute Gasteiger partial charge is 0.494 e. The summed E-state index contributed by atoms with van der Waals surface area (Å²) in [7, 11) is 1.32. The number of anilines is 1. The molecule has 4 heterocycles. The van der Waals surface area contributed by atoms with Crippen molar-refractivity contribution in [3.05, 3.63) is 71.3 Å². The Kier molecular flexibility index (Phi) is 6.72. The van der Waals surface area contributed by atoms with Crippen molar-refractivity contribution >= 4 is 23.1 Å². The van der Waals surface area contributed by atoms with E-state index in [0.717, 1.165) is 18.2 Å². The average Bonchev–Trinajstić information content (AvgIpc) is 3.50. The first kappa shape index (κ1) is 28.6. The van der Waals surface area contributed by atoms with Gasteiger partial charge in [-0.25, -0.2) is 13.9 Å². The normalized spacial score (nSPS) is 17.8. The van der Waals surface area contributed by atoms with E-state index in [-0.39, 0.29) is 46.3 Å². The number of hydrogen-bond donors (Lipinski definition) is 4. The van der Waals surface area contributed by atoms with Crippen molar-refractivity contribution in [3.63, 3.8) is 0 Å². The lowest BCUT2D eigenvalue weighted by molar-refractivity contribution is -0.265. The number of carbonyl (C=O) groups excluding carboxylic acids is 2. The van der Waals surface area contributed by atoms with Gasteiger partial charge in [0.15, 0.2) is 0 Å². The molecule has 2 atom stereocenters. The molecule has 0 unspecified atom stereocenters. The number of rotatable bonds is 7. The van der Waals surface area contributed by atoms with Gasteiger partial charge in [0, 0.05) is 23.4 Å². The first-order valence-electron chi connectivity index (χ1n) is 12.3. The zero-order chi connectivity index (χ0) is 30.6. The lowest BCUT2D eigenvalue weighted by Crippen LogP contribution is -2.51. The molecule has 0 radical (unpaired) electrons. The van der Waals surface area contributed by atoms with E-state index in [1.807, 2.05) is 0 Å². The SMILES string of the molecule is COc1cc(C(=O)NC[C@](O)(c2cc3c(c(-c4ccc(F)cc4)n2)OC[C@]3(C)C(N)=O)C(F)(F)F)cn2nc(N)cc12. The second kappa shape index (κ2) is 9.87. The number of aromatic nitrogens is 3. The molecule has 220 valence electrons. The number of fused-ring (bicyclic) bond motifs is 2. The highest BCUT2D eigenvalue weighted by atomic mass is 19.4. The summed E-state index contributed by atoms with van der Waals surface area (Å²) in [5.74, 6) is -2.26. The van der Waals surface area contributed by atoms with Gasteiger partial charge in [0.2, 0.25) is 11.5 Å². The number of primary amides is 1. The molecule has 11 nitrogen and oxygen atoms in total. The maximum Gasteiger partial charge on any atom is 0.424 e. The van der Waals surface area contributed by atoms with Crippen LogP contribution in [0.4, 0.5) is 23.4 Å². The van der Waals surface area contributed by atoms with Crippen molar-refractivity contribution in [3.8, 4) is 22.8 Å². The van der Waals surface area contributed by atoms with Crippen LogP contribution in [0.15, 0.2) is 48.7 Å². The van der Waals surface area contributed by atoms with Gasteiger partial charge in [0.05, 0.1) is 24.9 Å². The molecule has 3 aromatic heterocycles. The number of aliphatic hydroxyl groups is 1. The molecule has 1 aliphatic rings. The van der Waals surface area contributed by atoms with E-state index in [9.17, 15) is 32.3 Å². The van der Waals surface area contributed by atoms with E-state index in [4.69, 9.17) is 20.9 Å². The number of ether oxygens (including phenoxy) is 2. The third-order valence-corrected chi connectivity index (χ3v) is 7.17. The van der Waals surface area contributed by atoms with Gasteiger partial charge in [-0.1, -0.05) is 0 Å². The van der Waals surface area contributed by atoms with E-state index in [2.05, 4.69) is 15.4 Å². The lowest BCUT2D eigenvalue weighted by atomic mass is 9.81. The van der Waals surface area contributed by atoms with Crippen LogP contribution < -0.4 is 26.3 Å². The van der Waals surface area contributed by atoms with Gasteiger partial charge in [-0.15, -0.1) is 0 Å². The molecule has 1 aromatic carbocycles. The summed E-state index contributed by atoms with van der Waals surface area (Å²) in [5.41, 5.74) is 5.17. The van der Waals surface area contributed by atoms with E-state index < -0.39 is 47.1 Å². The Bertz CT molecular complexity index is 1720. The highest BCUT2D eigenvalue weighted by molar-refractivity contribution is 5.95. The number of nitrogens with one attached hydrogen (secondary N) is 1. The molecule has 0 bridgehead atoms. The van der Waals surface area contributed by atoms with Gasteiger partial charge in [-0.3, -0.25) is 9.59 Å². The summed E-state index contributed by atoms with van der Waals surface area (Å²) in [6.07, 6.45) is -4.14. The summed E-state index contributed by atoms with van der Waals surface area (Å²) in [5, 5.41) is 17.3. The predicted molar refractivity (Wildman–Crippen MR) is 140 cm³/mol. The van der Waals surface area contributed by atoms with Gasteiger partial charge in [0.1, 0.15) is 46.4 Å². The zero-order valence-corrected chi connectivity index (χ0v) is 22.1. The van der Waals surface area contributed by atoms with Gasteiger partial charge in [-0.2, -0.15) is 18.3 Å². The molecule has 15 heteroatoms. The number of nitrogens with zero attached hydrogens (tertiary/aromatic N) is 3. The maximum atomic E-state index is 14.6. The molecule has 2 amide bonds. The molecular formula is C27H24F4N6O5. The lowest BCUT2D eigenvalue weighted by Gasteiger charge is -2.31. The maximum absolute atomic E-state index is 14.6. The Hall–Kier alpha value is -4.92. The summed E-state index contributed by atoms with van der Waals surface area (Å²) < 4.78 is 69.5. The van der Waals surface area contributed by atoms with E-state index in [1.165, 1.54) is 49.0 Å². The monoisotopic (exact) mass is 588 g/mol. The Morgan fingerprint density at radius 1 is 1.21 bits per heavy atom. The summed E-state index contributed by atoms with van der Waals surface area (Å²) >= 11 is 0. The first-order chi connectivity index (χ1) is 19.7. The molecular weight excluding hydrogens is 564 g/mol. The molecule has 0 saturated carbocycles. The third-order valence-electron chi connectivity index (χ3n) is 7.17. The van der Waals surface area contributed by atoms with Gasteiger partial charge < -0.3 is 31.4 Å². The van der Waals surface area contributed by atoms with Crippen molar-refractivity contribution in [2.24, 2.45) is 5.73 Å². The van der Waals surface area contributed by atoms with Gasteiger partial charge >= 0.3 is 6.18 Å². The Labute approximate surface area is 235 Å². The number of benzene rings is 1. The number of alkyl halides is 3. The fraction of sp³-hybridized carbons (Fsp3) is 0.259. The summed E-state index contributed by atoms with van der Waals surface area (Å²) in [4.78, 5) is 29.4. The minimum atomic E-state index is -5.37. The quantitative estimate of drug-likeness (QED) is 0.239. The number of nitrogens with two attached hydrogens (primary N) is 2. The average molecular weight is 589 g/mol. The van der Waals surface area contributed by atoms with Crippen LogP contribution >= 0.6 is 0 Å². The summed E-state index contributed by atoms with van der Waals surface area (Å²) in [6, 6.07) is 8.26. The van der Waals surface area contributed by atoms with Crippen LogP contribution in [0.1, 0.15) is 28.5 Å². The van der Waals surface area contributed by atoms with Crippen molar-refractivity contribution in [1.82, 2.24) is 19.9 Å². The summed E-state index contributed by atoms with van der Waals surface area (Å²) in [6.45, 7) is -0.306. The molecule has 0 fully saturated rings. The molecule has 0 aliphatic carbocycles. The predicted octanol–water partition coefficient (Wildman–Crippen LogP) is 2.44. The minimum absolute atomic E-state index is 0.0425. The topological polar surface area (TPSA) is 167 Å². The number of nitrogen functional groups attached to an aromatic ring is 1. The van der Waals surface area contributed by atoms with Crippen LogP contribution in [0, 0.1) is 5.82 Å². The zero-order valence-electron chi connectivity index (χ0n) is 22.1. The molecule has 4 aromatic rings. The van der Waals surface area contributed by atoms with E-state index in [1.54, 1.807) is 0 Å². The molecule has 5 rings (SSSR count). The van der Waals surface area contributed by atoms with Crippen molar-refractivity contribution in [2.45, 2.75) is 24.1 Å². The Balaban J connectivity index is 1.59. The van der Waals surface area contributed by atoms with Crippen LogP contribution in [0.25, 0.3) is 16.8 Å². The van der Waals surface area contributed by atoms with Crippen LogP contribution in [0.2, 0.25) is 0 Å². The third kappa shape index (κ3) is 4.60. The fourth-order valence-electron chi connectivity index (χ4n) is 4.62. The molecule has 0 saturated heterocycles. The molecule has 0 spiro atoms. The molecule has 6 N–H and O–H groups in total. The van der Waals surface area contributed by atoms with Crippen molar-refractivity contribution in [2.75, 3.05) is 26.0 Å². The van der Waals surface area contributed by atoms with Crippen LogP contribution in [-0.4, -0.2) is 58.0 Å². The minimum Gasteiger partial charge on any atom is -0.494 e. The molecule has 1 aliphatic heterocycles. The number of carbonyl (C=O) groups is 2. The van der Waals surface area contributed by atoms with Crippen LogP contribution in [0.5, 0.6) is 11.5 Å². The Morgan fingerprint density at radius 2 is 1.90 bits per heavy atom. The fourth-order valence-corrected chi connectivity index (χ4v) is 4.62. The van der Waals surface area contributed by atoms with Gasteiger partial charge in [-0.05, 0) is 43.3 Å². The van der Waals surface area contributed by atoms with Crippen LogP contribution in [-0.2, 0) is 15.8 Å². The van der Waals surface area contributed by atoms with Crippen molar-refractivity contribution < 1.29 is 41.7 Å².